The molecule has 6 heteroatoms. The van der Waals surface area contributed by atoms with Gasteiger partial charge in [-0.25, -0.2) is 9.97 Å². The summed E-state index contributed by atoms with van der Waals surface area (Å²) in [7, 11) is 2.01. The Kier molecular flexibility index (Phi) is 5.46. The van der Waals surface area contributed by atoms with Gasteiger partial charge in [0, 0.05) is 24.7 Å². The van der Waals surface area contributed by atoms with Gasteiger partial charge in [0.1, 0.15) is 12.1 Å². The van der Waals surface area contributed by atoms with E-state index in [0.29, 0.717) is 19.1 Å². The Bertz CT molecular complexity index is 766. The van der Waals surface area contributed by atoms with Crippen LogP contribution in [-0.2, 0) is 17.8 Å². The highest BCUT2D eigenvalue weighted by Gasteiger charge is 2.47. The van der Waals surface area contributed by atoms with Crippen LogP contribution in [0.1, 0.15) is 57.2 Å². The maximum Gasteiger partial charge on any atom is 0.237 e. The number of hydrogen-bond acceptors (Lipinski definition) is 5. The van der Waals surface area contributed by atoms with E-state index in [1.54, 1.807) is 6.33 Å². The van der Waals surface area contributed by atoms with Crippen molar-refractivity contribution in [3.05, 3.63) is 17.6 Å². The van der Waals surface area contributed by atoms with Crippen molar-refractivity contribution in [1.29, 1.82) is 0 Å². The highest BCUT2D eigenvalue weighted by Crippen LogP contribution is 2.56. The van der Waals surface area contributed by atoms with Crippen LogP contribution in [0.15, 0.2) is 6.33 Å². The number of hydrogen-bond donors (Lipinski definition) is 1. The quantitative estimate of drug-likeness (QED) is 0.779. The van der Waals surface area contributed by atoms with Crippen LogP contribution in [0.25, 0.3) is 0 Å². The van der Waals surface area contributed by atoms with Crippen molar-refractivity contribution in [2.45, 2.75) is 65.0 Å². The van der Waals surface area contributed by atoms with E-state index in [0.717, 1.165) is 60.6 Å². The normalized spacial score (nSPS) is 32.0. The molecular weight excluding hydrogens is 374 g/mol. The third-order valence-electron chi connectivity index (χ3n) is 8.55. The minimum Gasteiger partial charge on any atom is -0.369 e. The number of amides is 1. The molecule has 4 bridgehead atoms. The fourth-order valence-electron chi connectivity index (χ4n) is 6.80. The van der Waals surface area contributed by atoms with Crippen LogP contribution in [0.4, 0.5) is 5.82 Å². The molecule has 0 unspecified atom stereocenters. The molecule has 1 aliphatic heterocycles. The summed E-state index contributed by atoms with van der Waals surface area (Å²) in [6.07, 6.45) is 9.87. The smallest absolute Gasteiger partial charge is 0.237 e. The number of likely N-dealkylation sites (N-methyl/N-ethyl adjacent to an activating group) is 1. The molecule has 0 radical (unpaired) electrons. The highest BCUT2D eigenvalue weighted by molar-refractivity contribution is 5.78. The number of aromatic nitrogens is 2. The summed E-state index contributed by atoms with van der Waals surface area (Å²) in [5.74, 6) is 5.92. The fraction of sp³-hybridized carbons (Fsp3) is 0.792. The van der Waals surface area contributed by atoms with E-state index in [4.69, 9.17) is 0 Å². The van der Waals surface area contributed by atoms with Gasteiger partial charge in [0.05, 0.1) is 18.8 Å². The first-order chi connectivity index (χ1) is 14.5. The van der Waals surface area contributed by atoms with Crippen molar-refractivity contribution in [3.8, 4) is 0 Å². The molecule has 1 N–H and O–H groups in total. The van der Waals surface area contributed by atoms with Gasteiger partial charge in [0.2, 0.25) is 5.91 Å². The summed E-state index contributed by atoms with van der Waals surface area (Å²) in [6, 6.07) is 0.370. The zero-order chi connectivity index (χ0) is 20.8. The van der Waals surface area contributed by atoms with E-state index in [1.807, 2.05) is 11.9 Å². The van der Waals surface area contributed by atoms with E-state index in [1.165, 1.54) is 37.7 Å². The average Bonchev–Trinajstić information content (AvgIpc) is 2.72. The molecule has 6 rings (SSSR count). The Balaban J connectivity index is 1.22. The lowest BCUT2D eigenvalue weighted by molar-refractivity contribution is -0.133. The molecule has 0 saturated heterocycles. The Labute approximate surface area is 180 Å². The Morgan fingerprint density at radius 1 is 1.17 bits per heavy atom. The summed E-state index contributed by atoms with van der Waals surface area (Å²) in [4.78, 5) is 25.9. The minimum atomic E-state index is 0.193. The van der Waals surface area contributed by atoms with Crippen LogP contribution in [0, 0.1) is 29.6 Å². The van der Waals surface area contributed by atoms with Crippen molar-refractivity contribution in [1.82, 2.24) is 19.8 Å². The number of nitrogens with one attached hydrogen (secondary N) is 1. The van der Waals surface area contributed by atoms with Crippen LogP contribution in [0.5, 0.6) is 0 Å². The minimum absolute atomic E-state index is 0.193. The molecule has 6 nitrogen and oxygen atoms in total. The lowest BCUT2D eigenvalue weighted by Crippen LogP contribution is -2.47. The lowest BCUT2D eigenvalue weighted by Gasteiger charge is -2.54. The summed E-state index contributed by atoms with van der Waals surface area (Å²) >= 11 is 0. The predicted molar refractivity (Wildman–Crippen MR) is 118 cm³/mol. The van der Waals surface area contributed by atoms with Crippen LogP contribution < -0.4 is 5.32 Å². The number of nitrogens with zero attached hydrogens (tertiary/aromatic N) is 4. The second-order valence-electron chi connectivity index (χ2n) is 10.7. The van der Waals surface area contributed by atoms with Gasteiger partial charge in [-0.05, 0) is 89.0 Å². The van der Waals surface area contributed by atoms with Gasteiger partial charge in [-0.15, -0.1) is 0 Å². The molecule has 164 valence electrons. The number of rotatable bonds is 6. The van der Waals surface area contributed by atoms with Gasteiger partial charge >= 0.3 is 0 Å². The van der Waals surface area contributed by atoms with Gasteiger partial charge in [-0.3, -0.25) is 9.69 Å². The third-order valence-corrected chi connectivity index (χ3v) is 8.55. The van der Waals surface area contributed by atoms with E-state index in [-0.39, 0.29) is 5.91 Å². The van der Waals surface area contributed by atoms with E-state index < -0.39 is 0 Å². The molecule has 5 aliphatic rings. The molecule has 1 aromatic heterocycles. The SMILES string of the molecule is CC(C)N(C)CC(=O)N1CCc2c(ncnc2NCC2C3CC4CC(C3)CC2C4)C1. The Morgan fingerprint density at radius 3 is 2.53 bits per heavy atom. The van der Waals surface area contributed by atoms with Crippen LogP contribution >= 0.6 is 0 Å². The van der Waals surface area contributed by atoms with Gasteiger partial charge < -0.3 is 10.2 Å². The first-order valence-electron chi connectivity index (χ1n) is 12.0. The molecule has 0 atom stereocenters. The predicted octanol–water partition coefficient (Wildman–Crippen LogP) is 3.19. The highest BCUT2D eigenvalue weighted by atomic mass is 16.2. The largest absolute Gasteiger partial charge is 0.369 e. The van der Waals surface area contributed by atoms with Crippen molar-refractivity contribution in [3.63, 3.8) is 0 Å². The van der Waals surface area contributed by atoms with Gasteiger partial charge in [0.25, 0.3) is 0 Å². The maximum atomic E-state index is 12.7. The molecule has 1 amide bonds. The monoisotopic (exact) mass is 411 g/mol. The number of carbonyl (C=O) groups excluding carboxylic acids is 1. The molecular formula is C24H37N5O. The molecule has 1 aromatic rings. The van der Waals surface area contributed by atoms with Gasteiger partial charge in [-0.2, -0.15) is 0 Å². The van der Waals surface area contributed by atoms with Crippen molar-refractivity contribution < 1.29 is 4.79 Å². The van der Waals surface area contributed by atoms with Crippen molar-refractivity contribution >= 4 is 11.7 Å². The summed E-state index contributed by atoms with van der Waals surface area (Å²) in [5, 5.41) is 3.73. The summed E-state index contributed by atoms with van der Waals surface area (Å²) in [6.45, 7) is 7.13. The maximum absolute atomic E-state index is 12.7. The lowest BCUT2D eigenvalue weighted by atomic mass is 9.52. The second kappa shape index (κ2) is 8.10. The third kappa shape index (κ3) is 3.83. The first-order valence-corrected chi connectivity index (χ1v) is 12.0. The average molecular weight is 412 g/mol. The van der Waals surface area contributed by atoms with E-state index in [9.17, 15) is 4.79 Å². The Hall–Kier alpha value is -1.69. The topological polar surface area (TPSA) is 61.4 Å². The van der Waals surface area contributed by atoms with E-state index in [2.05, 4.69) is 34.0 Å². The summed E-state index contributed by atoms with van der Waals surface area (Å²) < 4.78 is 0. The van der Waals surface area contributed by atoms with Gasteiger partial charge in [0.15, 0.2) is 0 Å². The molecule has 2 heterocycles. The molecule has 0 spiro atoms. The number of fused-ring (bicyclic) bond motifs is 1. The van der Waals surface area contributed by atoms with Crippen molar-refractivity contribution in [2.75, 3.05) is 32.0 Å². The zero-order valence-electron chi connectivity index (χ0n) is 18.8. The van der Waals surface area contributed by atoms with Crippen molar-refractivity contribution in [2.24, 2.45) is 29.6 Å². The molecule has 4 saturated carbocycles. The zero-order valence-corrected chi connectivity index (χ0v) is 18.8. The molecule has 4 aliphatic carbocycles. The standard InChI is InChI=1S/C24H37N5O/c1-15(2)28(3)13-23(30)29-5-4-20-22(12-29)26-14-27-24(20)25-11-21-18-7-16-6-17(9-18)10-19(21)8-16/h14-19,21H,4-13H2,1-3H3,(H,25,26,27). The van der Waals surface area contributed by atoms with Crippen LogP contribution in [-0.4, -0.2) is 58.4 Å². The van der Waals surface area contributed by atoms with E-state index >= 15 is 0 Å². The fourth-order valence-corrected chi connectivity index (χ4v) is 6.80. The Morgan fingerprint density at radius 2 is 1.87 bits per heavy atom. The number of anilines is 1. The first kappa shape index (κ1) is 20.2. The summed E-state index contributed by atoms with van der Waals surface area (Å²) in [5.41, 5.74) is 2.24. The van der Waals surface area contributed by atoms with Gasteiger partial charge in [-0.1, -0.05) is 0 Å². The molecule has 4 fully saturated rings. The molecule has 0 aromatic carbocycles. The van der Waals surface area contributed by atoms with Crippen LogP contribution in [0.3, 0.4) is 0 Å². The van der Waals surface area contributed by atoms with Crippen LogP contribution in [0.2, 0.25) is 0 Å². The molecule has 30 heavy (non-hydrogen) atoms. The second-order valence-corrected chi connectivity index (χ2v) is 10.7. The number of carbonyl (C=O) groups is 1.